The summed E-state index contributed by atoms with van der Waals surface area (Å²) in [5.41, 5.74) is 0.118. The van der Waals surface area contributed by atoms with E-state index in [2.05, 4.69) is 0 Å². The topological polar surface area (TPSA) is 101 Å². The van der Waals surface area contributed by atoms with Gasteiger partial charge >= 0.3 is 29.6 Å². The molecule has 0 unspecified atom stereocenters. The quantitative estimate of drug-likeness (QED) is 0.406. The Hall–Kier alpha value is -0.400. The Morgan fingerprint density at radius 1 is 1.29 bits per heavy atom. The predicted molar refractivity (Wildman–Crippen MR) is 67.8 cm³/mol. The third kappa shape index (κ3) is 2.68. The Morgan fingerprint density at radius 2 is 1.81 bits per heavy atom. The second kappa shape index (κ2) is 6.38. The fourth-order valence-corrected chi connectivity index (χ4v) is 3.34. The van der Waals surface area contributed by atoms with Gasteiger partial charge in [-0.1, -0.05) is 20.8 Å². The molecule has 2 N–H and O–H groups in total. The van der Waals surface area contributed by atoms with Crippen molar-refractivity contribution in [2.45, 2.75) is 45.9 Å². The van der Waals surface area contributed by atoms with Crippen LogP contribution in [0.1, 0.15) is 27.7 Å². The molecular weight excluding hydrogens is 285 g/mol. The average Bonchev–Trinajstić information content (AvgIpc) is 2.57. The molecule has 2 rings (SSSR count). The van der Waals surface area contributed by atoms with Crippen molar-refractivity contribution < 1.29 is 54.5 Å². The van der Waals surface area contributed by atoms with Crippen LogP contribution in [0.4, 0.5) is 0 Å². The summed E-state index contributed by atoms with van der Waals surface area (Å²) in [6, 6.07) is -0.404. The van der Waals surface area contributed by atoms with Gasteiger partial charge in [-0.05, 0) is 18.4 Å². The minimum atomic E-state index is -1.45. The Kier molecular flexibility index (Phi) is 5.67. The average molecular weight is 305 g/mol. The molecule has 6 nitrogen and oxygen atoms in total. The number of nitrogens with zero attached hydrogens (tertiary/aromatic N) is 1. The van der Waals surface area contributed by atoms with Crippen molar-refractivity contribution in [3.63, 3.8) is 0 Å². The molecular formula is C14H20NNaO5. The van der Waals surface area contributed by atoms with Crippen LogP contribution >= 0.6 is 0 Å². The van der Waals surface area contributed by atoms with Crippen LogP contribution in [0.5, 0.6) is 0 Å². The molecule has 2 aliphatic heterocycles. The second-order valence-electron chi connectivity index (χ2n) is 6.03. The summed E-state index contributed by atoms with van der Waals surface area (Å²) < 4.78 is 0. The number of aliphatic carboxylic acids is 1. The van der Waals surface area contributed by atoms with Crippen molar-refractivity contribution in [3.8, 4) is 0 Å². The first-order valence-electron chi connectivity index (χ1n) is 6.84. The number of β-lactam (4-membered cyclic amide) rings is 1. The van der Waals surface area contributed by atoms with E-state index < -0.39 is 36.0 Å². The Balaban J connectivity index is 0.00000220. The third-order valence-electron chi connectivity index (χ3n) is 4.37. The van der Waals surface area contributed by atoms with Crippen molar-refractivity contribution in [3.05, 3.63) is 11.3 Å². The molecule has 0 bridgehead atoms. The number of hydrogen-bond donors (Lipinski definition) is 2. The molecule has 1 amide bonds. The van der Waals surface area contributed by atoms with E-state index in [1.54, 1.807) is 20.8 Å². The van der Waals surface area contributed by atoms with Crippen LogP contribution in [0.25, 0.3) is 0 Å². The van der Waals surface area contributed by atoms with Gasteiger partial charge in [0, 0.05) is 5.92 Å². The molecule has 5 atom stereocenters. The van der Waals surface area contributed by atoms with Gasteiger partial charge < -0.3 is 25.0 Å². The van der Waals surface area contributed by atoms with Crippen molar-refractivity contribution in [1.29, 1.82) is 0 Å². The zero-order valence-electron chi connectivity index (χ0n) is 13.0. The zero-order chi connectivity index (χ0) is 15.4. The van der Waals surface area contributed by atoms with Crippen LogP contribution in [0.3, 0.4) is 0 Å². The molecule has 2 heterocycles. The monoisotopic (exact) mass is 305 g/mol. The first-order valence-corrected chi connectivity index (χ1v) is 6.84. The molecule has 0 aliphatic carbocycles. The van der Waals surface area contributed by atoms with Gasteiger partial charge in [0.2, 0.25) is 5.91 Å². The molecule has 0 aromatic heterocycles. The maximum Gasteiger partial charge on any atom is 1.00 e. The summed E-state index contributed by atoms with van der Waals surface area (Å²) in [4.78, 5) is 24.6. The van der Waals surface area contributed by atoms with Gasteiger partial charge in [0.05, 0.1) is 35.8 Å². The van der Waals surface area contributed by atoms with E-state index >= 15 is 0 Å². The van der Waals surface area contributed by atoms with Crippen molar-refractivity contribution >= 4 is 11.9 Å². The Labute approximate surface area is 146 Å². The summed E-state index contributed by atoms with van der Waals surface area (Å²) in [6.45, 7) is 6.85. The van der Waals surface area contributed by atoms with Crippen molar-refractivity contribution in [2.75, 3.05) is 0 Å². The molecule has 0 saturated carbocycles. The van der Waals surface area contributed by atoms with Crippen LogP contribution < -0.4 is 34.7 Å². The van der Waals surface area contributed by atoms with Gasteiger partial charge in [-0.15, -0.1) is 0 Å². The third-order valence-corrected chi connectivity index (χ3v) is 4.37. The molecule has 21 heavy (non-hydrogen) atoms. The maximum atomic E-state index is 12.0. The van der Waals surface area contributed by atoms with Gasteiger partial charge in [-0.3, -0.25) is 4.79 Å². The largest absolute Gasteiger partial charge is 1.00 e. The smallest absolute Gasteiger partial charge is 0.543 e. The minimum absolute atomic E-state index is 0. The Morgan fingerprint density at radius 3 is 2.19 bits per heavy atom. The molecule has 7 heteroatoms. The number of rotatable bonds is 4. The number of amides is 1. The van der Waals surface area contributed by atoms with Crippen LogP contribution in [-0.2, 0) is 9.59 Å². The molecule has 0 spiro atoms. The predicted octanol–water partition coefficient (Wildman–Crippen LogP) is -4.13. The number of aliphatic hydroxyl groups excluding tert-OH is 2. The van der Waals surface area contributed by atoms with Crippen molar-refractivity contribution in [2.24, 2.45) is 17.8 Å². The first-order chi connectivity index (χ1) is 9.20. The molecule has 0 radical (unpaired) electrons. The van der Waals surface area contributed by atoms with Gasteiger partial charge in [0.1, 0.15) is 0 Å². The fraction of sp³-hybridized carbons (Fsp3) is 0.714. The number of fused-ring (bicyclic) bond motifs is 1. The molecule has 1 saturated heterocycles. The van der Waals surface area contributed by atoms with Crippen LogP contribution in [0.2, 0.25) is 0 Å². The second-order valence-corrected chi connectivity index (χ2v) is 6.03. The van der Waals surface area contributed by atoms with Gasteiger partial charge in [-0.25, -0.2) is 0 Å². The normalized spacial score (nSPS) is 30.7. The van der Waals surface area contributed by atoms with E-state index in [4.69, 9.17) is 0 Å². The van der Waals surface area contributed by atoms with E-state index in [9.17, 15) is 24.9 Å². The number of carboxylic acid groups (broad SMARTS) is 1. The summed E-state index contributed by atoms with van der Waals surface area (Å²) >= 11 is 0. The SMILES string of the molecule is CC(C)[C@H](O)C1=C(C(=O)[O-])N2C(=O)[C@H]([C@@H](C)O)[C@H]2[C@H]1C.[Na+]. The van der Waals surface area contributed by atoms with Crippen LogP contribution in [0, 0.1) is 17.8 Å². The van der Waals surface area contributed by atoms with E-state index in [1.807, 2.05) is 0 Å². The van der Waals surface area contributed by atoms with Crippen LogP contribution in [0.15, 0.2) is 11.3 Å². The summed E-state index contributed by atoms with van der Waals surface area (Å²) in [7, 11) is 0. The van der Waals surface area contributed by atoms with E-state index in [0.29, 0.717) is 5.57 Å². The number of carbonyl (C=O) groups excluding carboxylic acids is 2. The summed E-state index contributed by atoms with van der Waals surface area (Å²) in [5.74, 6) is -2.96. The minimum Gasteiger partial charge on any atom is -0.543 e. The molecule has 0 aromatic carbocycles. The summed E-state index contributed by atoms with van der Waals surface area (Å²) in [5, 5.41) is 31.3. The van der Waals surface area contributed by atoms with Gasteiger partial charge in [0.25, 0.3) is 0 Å². The molecule has 112 valence electrons. The summed E-state index contributed by atoms with van der Waals surface area (Å²) in [6.07, 6.45) is -1.78. The fourth-order valence-electron chi connectivity index (χ4n) is 3.34. The zero-order valence-corrected chi connectivity index (χ0v) is 15.0. The Bertz CT molecular complexity index is 488. The van der Waals surface area contributed by atoms with Crippen LogP contribution in [-0.4, -0.2) is 45.2 Å². The number of carbonyl (C=O) groups is 2. The number of carboxylic acids is 1. The van der Waals surface area contributed by atoms with Gasteiger partial charge in [0.15, 0.2) is 0 Å². The molecule has 1 fully saturated rings. The maximum absolute atomic E-state index is 12.0. The van der Waals surface area contributed by atoms with E-state index in [1.165, 1.54) is 11.8 Å². The van der Waals surface area contributed by atoms with Crippen molar-refractivity contribution in [1.82, 2.24) is 4.90 Å². The number of aliphatic hydroxyl groups is 2. The van der Waals surface area contributed by atoms with E-state index in [0.717, 1.165) is 0 Å². The first kappa shape index (κ1) is 18.6. The standard InChI is InChI=1S/C14H21NO5.Na/c1-5(2)12(17)8-6(3)10-9(7(4)16)13(18)15(10)11(8)14(19)20;/h5-7,9-10,12,16-17H,1-4H3,(H,19,20);/q;+1/p-1/t6-,7+,9+,10+,12-;/m0./s1. The number of hydrogen-bond acceptors (Lipinski definition) is 5. The van der Waals surface area contributed by atoms with E-state index in [-0.39, 0.29) is 47.1 Å². The van der Waals surface area contributed by atoms with Gasteiger partial charge in [-0.2, -0.15) is 0 Å². The molecule has 0 aromatic rings. The molecule has 2 aliphatic rings.